The summed E-state index contributed by atoms with van der Waals surface area (Å²) >= 11 is 7.05. The molecule has 1 heterocycles. The maximum Gasteiger partial charge on any atom is 0.264 e. The minimum absolute atomic E-state index is 0.0442. The molecule has 0 aliphatic rings. The zero-order chi connectivity index (χ0) is 14.0. The fraction of sp³-hybridized carbons (Fsp3) is 0.357. The predicted molar refractivity (Wildman–Crippen MR) is 78.7 cm³/mol. The van der Waals surface area contributed by atoms with Gasteiger partial charge in [-0.05, 0) is 37.4 Å². The lowest BCUT2D eigenvalue weighted by molar-refractivity contribution is 0.0723. The molecule has 0 fully saturated rings. The van der Waals surface area contributed by atoms with E-state index in [1.165, 1.54) is 23.5 Å². The number of thiophene rings is 1. The van der Waals surface area contributed by atoms with Gasteiger partial charge in [0.05, 0.1) is 4.88 Å². The number of nitrogens with zero attached hydrogens (tertiary/aromatic N) is 1. The van der Waals surface area contributed by atoms with E-state index in [4.69, 9.17) is 11.6 Å². The van der Waals surface area contributed by atoms with Crippen LogP contribution >= 0.6 is 22.9 Å². The molecule has 0 N–H and O–H groups in total. The van der Waals surface area contributed by atoms with Crippen molar-refractivity contribution in [2.45, 2.75) is 19.9 Å². The highest BCUT2D eigenvalue weighted by molar-refractivity contribution is 7.20. The Bertz CT molecular complexity index is 596. The first-order chi connectivity index (χ1) is 9.02. The van der Waals surface area contributed by atoms with E-state index in [-0.39, 0.29) is 17.8 Å². The molecule has 2 nitrogen and oxygen atoms in total. The minimum Gasteiger partial charge on any atom is -0.334 e. The summed E-state index contributed by atoms with van der Waals surface area (Å²) in [6.07, 6.45) is 0. The van der Waals surface area contributed by atoms with Crippen LogP contribution < -0.4 is 0 Å². The lowest BCUT2D eigenvalue weighted by Gasteiger charge is -2.25. The van der Waals surface area contributed by atoms with E-state index < -0.39 is 0 Å². The standard InChI is InChI=1S/C14H15ClFNOS/c1-9(2)17(6-5-15)14(18)13-7-10-3-4-11(16)8-12(10)19-13/h3-4,7-9H,5-6H2,1-2H3. The molecule has 0 saturated heterocycles. The molecule has 0 unspecified atom stereocenters. The molecule has 0 radical (unpaired) electrons. The van der Waals surface area contributed by atoms with Gasteiger partial charge >= 0.3 is 0 Å². The van der Waals surface area contributed by atoms with Gasteiger partial charge in [0, 0.05) is 23.2 Å². The van der Waals surface area contributed by atoms with Crippen LogP contribution in [0, 0.1) is 5.82 Å². The summed E-state index contributed by atoms with van der Waals surface area (Å²) in [5.74, 6) is 0.0794. The highest BCUT2D eigenvalue weighted by Crippen LogP contribution is 2.27. The number of benzene rings is 1. The molecule has 0 spiro atoms. The first-order valence-corrected chi connectivity index (χ1v) is 7.44. The third kappa shape index (κ3) is 3.07. The molecule has 1 aromatic heterocycles. The lowest BCUT2D eigenvalue weighted by atomic mass is 10.2. The van der Waals surface area contributed by atoms with Crippen molar-refractivity contribution in [1.29, 1.82) is 0 Å². The lowest BCUT2D eigenvalue weighted by Crippen LogP contribution is -2.37. The summed E-state index contributed by atoms with van der Waals surface area (Å²) < 4.78 is 13.9. The summed E-state index contributed by atoms with van der Waals surface area (Å²) in [5, 5.41) is 0.893. The van der Waals surface area contributed by atoms with Gasteiger partial charge < -0.3 is 4.90 Å². The van der Waals surface area contributed by atoms with Crippen LogP contribution in [0.1, 0.15) is 23.5 Å². The van der Waals surface area contributed by atoms with Gasteiger partial charge in [-0.1, -0.05) is 6.07 Å². The van der Waals surface area contributed by atoms with E-state index >= 15 is 0 Å². The number of hydrogen-bond acceptors (Lipinski definition) is 2. The molecule has 0 saturated carbocycles. The molecule has 19 heavy (non-hydrogen) atoms. The molecule has 1 amide bonds. The van der Waals surface area contributed by atoms with Crippen molar-refractivity contribution in [3.63, 3.8) is 0 Å². The highest BCUT2D eigenvalue weighted by atomic mass is 35.5. The highest BCUT2D eigenvalue weighted by Gasteiger charge is 2.20. The molecule has 102 valence electrons. The van der Waals surface area contributed by atoms with Crippen LogP contribution in [0.3, 0.4) is 0 Å². The molecule has 5 heteroatoms. The second-order valence-electron chi connectivity index (χ2n) is 4.57. The minimum atomic E-state index is -0.283. The Morgan fingerprint density at radius 2 is 2.16 bits per heavy atom. The third-order valence-corrected chi connectivity index (χ3v) is 4.16. The topological polar surface area (TPSA) is 20.3 Å². The largest absolute Gasteiger partial charge is 0.334 e. The van der Waals surface area contributed by atoms with Gasteiger partial charge in [-0.15, -0.1) is 22.9 Å². The van der Waals surface area contributed by atoms with Crippen LogP contribution in [-0.2, 0) is 0 Å². The van der Waals surface area contributed by atoms with Gasteiger partial charge in [0.15, 0.2) is 0 Å². The molecule has 1 aromatic carbocycles. The molecule has 0 aliphatic heterocycles. The van der Waals surface area contributed by atoms with Crippen LogP contribution in [0.5, 0.6) is 0 Å². The smallest absolute Gasteiger partial charge is 0.264 e. The first kappa shape index (κ1) is 14.3. The predicted octanol–water partition coefficient (Wildman–Crippen LogP) is 4.13. The van der Waals surface area contributed by atoms with Crippen molar-refractivity contribution >= 4 is 38.9 Å². The van der Waals surface area contributed by atoms with Crippen molar-refractivity contribution in [1.82, 2.24) is 4.90 Å². The second-order valence-corrected chi connectivity index (χ2v) is 6.04. The normalized spacial score (nSPS) is 11.2. The monoisotopic (exact) mass is 299 g/mol. The Balaban J connectivity index is 2.34. The van der Waals surface area contributed by atoms with Gasteiger partial charge in [-0.2, -0.15) is 0 Å². The van der Waals surface area contributed by atoms with Crippen molar-refractivity contribution < 1.29 is 9.18 Å². The molecule has 0 atom stereocenters. The average Bonchev–Trinajstić information content (AvgIpc) is 2.77. The second kappa shape index (κ2) is 5.88. The Morgan fingerprint density at radius 3 is 2.79 bits per heavy atom. The van der Waals surface area contributed by atoms with Crippen molar-refractivity contribution in [2.75, 3.05) is 12.4 Å². The van der Waals surface area contributed by atoms with Gasteiger partial charge in [-0.25, -0.2) is 4.39 Å². The maximum absolute atomic E-state index is 13.1. The number of carbonyl (C=O) groups is 1. The first-order valence-electron chi connectivity index (χ1n) is 6.09. The van der Waals surface area contributed by atoms with E-state index in [0.717, 1.165) is 10.1 Å². The number of carbonyl (C=O) groups excluding carboxylic acids is 1. The van der Waals surface area contributed by atoms with Gasteiger partial charge in [0.25, 0.3) is 5.91 Å². The van der Waals surface area contributed by atoms with Crippen LogP contribution in [0.2, 0.25) is 0 Å². The third-order valence-electron chi connectivity index (χ3n) is 2.90. The molecular weight excluding hydrogens is 285 g/mol. The van der Waals surface area contributed by atoms with E-state index in [1.54, 1.807) is 11.0 Å². The number of fused-ring (bicyclic) bond motifs is 1. The Labute approximate surface area is 120 Å². The van der Waals surface area contributed by atoms with Crippen LogP contribution in [-0.4, -0.2) is 29.3 Å². The van der Waals surface area contributed by atoms with Crippen LogP contribution in [0.4, 0.5) is 4.39 Å². The summed E-state index contributed by atoms with van der Waals surface area (Å²) in [4.78, 5) is 14.8. The molecule has 0 aliphatic carbocycles. The Kier molecular flexibility index (Phi) is 4.42. The fourth-order valence-corrected chi connectivity index (χ4v) is 3.16. The summed E-state index contributed by atoms with van der Waals surface area (Å²) in [5.41, 5.74) is 0. The van der Waals surface area contributed by atoms with E-state index in [2.05, 4.69) is 0 Å². The molecule has 2 rings (SSSR count). The average molecular weight is 300 g/mol. The van der Waals surface area contributed by atoms with E-state index in [9.17, 15) is 9.18 Å². The fourth-order valence-electron chi connectivity index (χ4n) is 1.94. The number of alkyl halides is 1. The molecular formula is C14H15ClFNOS. The number of amides is 1. The van der Waals surface area contributed by atoms with Crippen LogP contribution in [0.15, 0.2) is 24.3 Å². The summed E-state index contributed by atoms with van der Waals surface area (Å²) in [6, 6.07) is 6.46. The van der Waals surface area contributed by atoms with Gasteiger partial charge in [0.2, 0.25) is 0 Å². The molecule has 0 bridgehead atoms. The molecule has 2 aromatic rings. The van der Waals surface area contributed by atoms with Crippen LogP contribution in [0.25, 0.3) is 10.1 Å². The van der Waals surface area contributed by atoms with E-state index in [0.29, 0.717) is 17.3 Å². The zero-order valence-electron chi connectivity index (χ0n) is 10.8. The van der Waals surface area contributed by atoms with Crippen molar-refractivity contribution in [2.24, 2.45) is 0 Å². The summed E-state index contributed by atoms with van der Waals surface area (Å²) in [7, 11) is 0. The Hall–Kier alpha value is -1.13. The van der Waals surface area contributed by atoms with Gasteiger partial charge in [-0.3, -0.25) is 4.79 Å². The number of halogens is 2. The quantitative estimate of drug-likeness (QED) is 0.777. The zero-order valence-corrected chi connectivity index (χ0v) is 12.4. The number of hydrogen-bond donors (Lipinski definition) is 0. The Morgan fingerprint density at radius 1 is 1.42 bits per heavy atom. The maximum atomic E-state index is 13.1. The van der Waals surface area contributed by atoms with Crippen molar-refractivity contribution in [3.05, 3.63) is 35.0 Å². The SMILES string of the molecule is CC(C)N(CCCl)C(=O)c1cc2ccc(F)cc2s1. The van der Waals surface area contributed by atoms with E-state index in [1.807, 2.05) is 19.9 Å². The summed E-state index contributed by atoms with van der Waals surface area (Å²) in [6.45, 7) is 4.43. The number of rotatable bonds is 4. The van der Waals surface area contributed by atoms with Gasteiger partial charge in [0.1, 0.15) is 5.82 Å². The van der Waals surface area contributed by atoms with Crippen molar-refractivity contribution in [3.8, 4) is 0 Å².